The Morgan fingerprint density at radius 3 is 2.65 bits per heavy atom. The highest BCUT2D eigenvalue weighted by Crippen LogP contribution is 2.21. The third kappa shape index (κ3) is 2.98. The minimum atomic E-state index is -0.549. The van der Waals surface area contributed by atoms with Crippen LogP contribution in [0, 0.1) is 0 Å². The second-order valence-electron chi connectivity index (χ2n) is 4.85. The van der Waals surface area contributed by atoms with Crippen molar-refractivity contribution in [3.05, 3.63) is 17.8 Å². The second-order valence-corrected chi connectivity index (χ2v) is 4.85. The van der Waals surface area contributed by atoms with E-state index in [1.54, 1.807) is 11.8 Å². The number of aromatic nitrogens is 1. The van der Waals surface area contributed by atoms with E-state index in [0.717, 1.165) is 13.0 Å². The van der Waals surface area contributed by atoms with E-state index in [-0.39, 0.29) is 5.91 Å². The number of hydrogen-bond donors (Lipinski definition) is 2. The Morgan fingerprint density at radius 1 is 1.25 bits per heavy atom. The van der Waals surface area contributed by atoms with Crippen LogP contribution in [-0.2, 0) is 4.79 Å². The van der Waals surface area contributed by atoms with Crippen LogP contribution in [-0.4, -0.2) is 47.9 Å². The van der Waals surface area contributed by atoms with Crippen molar-refractivity contribution in [1.29, 1.82) is 0 Å². The Bertz CT molecular complexity index is 531. The number of nitrogen functional groups attached to an aromatic ring is 1. The Hall–Kier alpha value is -2.31. The molecule has 0 saturated carbocycles. The summed E-state index contributed by atoms with van der Waals surface area (Å²) >= 11 is 0. The summed E-state index contributed by atoms with van der Waals surface area (Å²) in [7, 11) is 0. The van der Waals surface area contributed by atoms with Crippen LogP contribution in [0.4, 0.5) is 11.5 Å². The van der Waals surface area contributed by atoms with Gasteiger partial charge >= 0.3 is 0 Å². The molecule has 7 heteroatoms. The van der Waals surface area contributed by atoms with Gasteiger partial charge in [0.1, 0.15) is 5.82 Å². The Kier molecular flexibility index (Phi) is 4.07. The molecular weight excluding hydrogens is 258 g/mol. The third-order valence-corrected chi connectivity index (χ3v) is 3.39. The van der Waals surface area contributed by atoms with Crippen LogP contribution in [0.3, 0.4) is 0 Å². The van der Waals surface area contributed by atoms with Crippen LogP contribution < -0.4 is 16.4 Å². The highest BCUT2D eigenvalue weighted by atomic mass is 16.2. The summed E-state index contributed by atoms with van der Waals surface area (Å²) in [6, 6.07) is 1.54. The first-order valence-corrected chi connectivity index (χ1v) is 6.55. The van der Waals surface area contributed by atoms with Crippen LogP contribution in [0.15, 0.2) is 12.3 Å². The van der Waals surface area contributed by atoms with Gasteiger partial charge in [-0.3, -0.25) is 9.59 Å². The zero-order valence-corrected chi connectivity index (χ0v) is 11.5. The maximum absolute atomic E-state index is 11.5. The van der Waals surface area contributed by atoms with Crippen molar-refractivity contribution in [3.8, 4) is 0 Å². The minimum absolute atomic E-state index is 0.0623. The van der Waals surface area contributed by atoms with E-state index >= 15 is 0 Å². The zero-order valence-electron chi connectivity index (χ0n) is 11.5. The number of nitrogens with zero attached hydrogens (tertiary/aromatic N) is 3. The normalized spacial score (nSPS) is 15.8. The molecule has 1 aromatic heterocycles. The fourth-order valence-corrected chi connectivity index (χ4v) is 2.35. The molecule has 20 heavy (non-hydrogen) atoms. The first-order chi connectivity index (χ1) is 9.49. The molecule has 4 N–H and O–H groups in total. The number of anilines is 2. The molecule has 1 aromatic rings. The lowest BCUT2D eigenvalue weighted by atomic mass is 10.2. The van der Waals surface area contributed by atoms with Gasteiger partial charge in [0, 0.05) is 33.1 Å². The average molecular weight is 277 g/mol. The first-order valence-electron chi connectivity index (χ1n) is 6.55. The SMILES string of the molecule is CC(=O)N1CCCN(c2ncc(N)cc2C(N)=O)CC1. The van der Waals surface area contributed by atoms with Crippen molar-refractivity contribution in [3.63, 3.8) is 0 Å². The Balaban J connectivity index is 2.23. The maximum Gasteiger partial charge on any atom is 0.252 e. The predicted molar refractivity (Wildman–Crippen MR) is 76.3 cm³/mol. The summed E-state index contributed by atoms with van der Waals surface area (Å²) in [4.78, 5) is 30.9. The van der Waals surface area contributed by atoms with Gasteiger partial charge in [-0.2, -0.15) is 0 Å². The smallest absolute Gasteiger partial charge is 0.252 e. The number of amides is 2. The molecule has 1 fully saturated rings. The summed E-state index contributed by atoms with van der Waals surface area (Å²) in [6.45, 7) is 4.23. The van der Waals surface area contributed by atoms with E-state index in [9.17, 15) is 9.59 Å². The van der Waals surface area contributed by atoms with Crippen LogP contribution >= 0.6 is 0 Å². The van der Waals surface area contributed by atoms with Gasteiger partial charge in [0.25, 0.3) is 5.91 Å². The molecule has 108 valence electrons. The van der Waals surface area contributed by atoms with Crippen molar-refractivity contribution >= 4 is 23.3 Å². The largest absolute Gasteiger partial charge is 0.397 e. The summed E-state index contributed by atoms with van der Waals surface area (Å²) in [5.74, 6) is 0.0526. The van der Waals surface area contributed by atoms with Gasteiger partial charge in [-0.15, -0.1) is 0 Å². The number of rotatable bonds is 2. The molecule has 7 nitrogen and oxygen atoms in total. The molecule has 1 aliphatic heterocycles. The number of primary amides is 1. The number of carbonyl (C=O) groups excluding carboxylic acids is 2. The van der Waals surface area contributed by atoms with Crippen LogP contribution in [0.5, 0.6) is 0 Å². The molecule has 0 atom stereocenters. The zero-order chi connectivity index (χ0) is 14.7. The highest BCUT2D eigenvalue weighted by molar-refractivity contribution is 5.98. The van der Waals surface area contributed by atoms with Crippen molar-refractivity contribution in [2.45, 2.75) is 13.3 Å². The summed E-state index contributed by atoms with van der Waals surface area (Å²) < 4.78 is 0. The van der Waals surface area contributed by atoms with Gasteiger partial charge in [-0.25, -0.2) is 4.98 Å². The van der Waals surface area contributed by atoms with Crippen molar-refractivity contribution < 1.29 is 9.59 Å². The summed E-state index contributed by atoms with van der Waals surface area (Å²) in [5.41, 5.74) is 11.8. The lowest BCUT2D eigenvalue weighted by Crippen LogP contribution is -2.34. The lowest BCUT2D eigenvalue weighted by molar-refractivity contribution is -0.128. The number of carbonyl (C=O) groups is 2. The second kappa shape index (κ2) is 5.77. The third-order valence-electron chi connectivity index (χ3n) is 3.39. The fourth-order valence-electron chi connectivity index (χ4n) is 2.35. The van der Waals surface area contributed by atoms with E-state index in [0.29, 0.717) is 36.7 Å². The van der Waals surface area contributed by atoms with Crippen LogP contribution in [0.2, 0.25) is 0 Å². The fraction of sp³-hybridized carbons (Fsp3) is 0.462. The Morgan fingerprint density at radius 2 is 2.00 bits per heavy atom. The molecule has 1 aliphatic rings. The number of hydrogen-bond acceptors (Lipinski definition) is 5. The molecule has 2 heterocycles. The molecule has 0 aromatic carbocycles. The molecule has 1 saturated heterocycles. The van der Waals surface area contributed by atoms with Gasteiger partial charge < -0.3 is 21.3 Å². The van der Waals surface area contributed by atoms with Crippen LogP contribution in [0.1, 0.15) is 23.7 Å². The van der Waals surface area contributed by atoms with Gasteiger partial charge in [-0.1, -0.05) is 0 Å². The molecule has 0 bridgehead atoms. The lowest BCUT2D eigenvalue weighted by Gasteiger charge is -2.23. The van der Waals surface area contributed by atoms with Crippen molar-refractivity contribution in [2.75, 3.05) is 36.8 Å². The van der Waals surface area contributed by atoms with Crippen molar-refractivity contribution in [1.82, 2.24) is 9.88 Å². The van der Waals surface area contributed by atoms with Gasteiger partial charge in [-0.05, 0) is 12.5 Å². The van der Waals surface area contributed by atoms with Crippen molar-refractivity contribution in [2.24, 2.45) is 5.73 Å². The molecule has 0 spiro atoms. The molecule has 0 aliphatic carbocycles. The highest BCUT2D eigenvalue weighted by Gasteiger charge is 2.21. The first kappa shape index (κ1) is 14.1. The van der Waals surface area contributed by atoms with E-state index in [2.05, 4.69) is 4.98 Å². The van der Waals surface area contributed by atoms with E-state index < -0.39 is 5.91 Å². The minimum Gasteiger partial charge on any atom is -0.397 e. The monoisotopic (exact) mass is 277 g/mol. The Labute approximate surface area is 117 Å². The topological polar surface area (TPSA) is 106 Å². The average Bonchev–Trinajstić information content (AvgIpc) is 2.64. The van der Waals surface area contributed by atoms with Gasteiger partial charge in [0.05, 0.1) is 17.4 Å². The van der Waals surface area contributed by atoms with E-state index in [1.807, 2.05) is 4.90 Å². The number of nitrogens with two attached hydrogens (primary N) is 2. The standard InChI is InChI=1S/C13H19N5O2/c1-9(19)17-3-2-4-18(6-5-17)13-11(12(15)20)7-10(14)8-16-13/h7-8H,2-6,14H2,1H3,(H2,15,20). The number of pyridine rings is 1. The predicted octanol–water partition coefficient (Wildman–Crippen LogP) is -0.179. The van der Waals surface area contributed by atoms with E-state index in [1.165, 1.54) is 12.3 Å². The van der Waals surface area contributed by atoms with Gasteiger partial charge in [0.15, 0.2) is 0 Å². The quantitative estimate of drug-likeness (QED) is 0.780. The summed E-state index contributed by atoms with van der Waals surface area (Å²) in [5, 5.41) is 0. The summed E-state index contributed by atoms with van der Waals surface area (Å²) in [6.07, 6.45) is 2.33. The van der Waals surface area contributed by atoms with Gasteiger partial charge in [0.2, 0.25) is 5.91 Å². The molecular formula is C13H19N5O2. The maximum atomic E-state index is 11.5. The molecule has 0 radical (unpaired) electrons. The molecule has 2 rings (SSSR count). The van der Waals surface area contributed by atoms with E-state index in [4.69, 9.17) is 11.5 Å². The molecule has 2 amide bonds. The van der Waals surface area contributed by atoms with Crippen LogP contribution in [0.25, 0.3) is 0 Å². The molecule has 0 unspecified atom stereocenters.